The first-order valence-corrected chi connectivity index (χ1v) is 8.78. The molecular formula is C19H27N3O2. The van der Waals surface area contributed by atoms with Gasteiger partial charge in [-0.3, -0.25) is 4.79 Å². The Balaban J connectivity index is 1.66. The van der Waals surface area contributed by atoms with E-state index >= 15 is 0 Å². The van der Waals surface area contributed by atoms with Crippen LogP contribution in [0, 0.1) is 11.3 Å². The summed E-state index contributed by atoms with van der Waals surface area (Å²) in [5.41, 5.74) is 0.575. The number of amides is 1. The zero-order valence-electron chi connectivity index (χ0n) is 14.6. The smallest absolute Gasteiger partial charge is 0.260 e. The highest BCUT2D eigenvalue weighted by molar-refractivity contribution is 5.80. The lowest BCUT2D eigenvalue weighted by Crippen LogP contribution is -2.41. The van der Waals surface area contributed by atoms with Gasteiger partial charge in [-0.15, -0.1) is 0 Å². The van der Waals surface area contributed by atoms with Gasteiger partial charge in [0, 0.05) is 19.1 Å². The van der Waals surface area contributed by atoms with Crippen LogP contribution in [0.25, 0.3) is 0 Å². The molecule has 1 amide bonds. The maximum Gasteiger partial charge on any atom is 0.260 e. The van der Waals surface area contributed by atoms with Crippen LogP contribution in [0.1, 0.15) is 45.1 Å². The van der Waals surface area contributed by atoms with Crippen LogP contribution in [0.4, 0.5) is 0 Å². The van der Waals surface area contributed by atoms with Crippen LogP contribution in [0.3, 0.4) is 0 Å². The quantitative estimate of drug-likeness (QED) is 0.781. The maximum absolute atomic E-state index is 12.1. The molecule has 1 fully saturated rings. The molecule has 2 atom stereocenters. The minimum absolute atomic E-state index is 0.106. The summed E-state index contributed by atoms with van der Waals surface area (Å²) in [5.74, 6) is 0.491. The van der Waals surface area contributed by atoms with Crippen molar-refractivity contribution in [2.75, 3.05) is 19.6 Å². The predicted octanol–water partition coefficient (Wildman–Crippen LogP) is 2.71. The highest BCUT2D eigenvalue weighted by Gasteiger charge is 2.18. The van der Waals surface area contributed by atoms with Gasteiger partial charge in [-0.05, 0) is 63.9 Å². The molecule has 0 aromatic heterocycles. The van der Waals surface area contributed by atoms with E-state index < -0.39 is 6.10 Å². The molecule has 0 radical (unpaired) electrons. The van der Waals surface area contributed by atoms with Gasteiger partial charge < -0.3 is 15.0 Å². The standard InChI is InChI=1S/C19H27N3O2/c1-15-6-3-4-12-22(15)13-5-11-21-19(23)16(2)24-18-9-7-17(14-20)8-10-18/h7-10,15-16H,3-6,11-13H2,1-2H3,(H,21,23). The Morgan fingerprint density at radius 2 is 2.17 bits per heavy atom. The third-order valence-electron chi connectivity index (χ3n) is 4.53. The van der Waals surface area contributed by atoms with Crippen LogP contribution in [-0.4, -0.2) is 42.6 Å². The summed E-state index contributed by atoms with van der Waals surface area (Å²) in [6, 6.07) is 9.49. The molecule has 5 heteroatoms. The van der Waals surface area contributed by atoms with Gasteiger partial charge in [-0.25, -0.2) is 0 Å². The van der Waals surface area contributed by atoms with E-state index in [-0.39, 0.29) is 5.91 Å². The topological polar surface area (TPSA) is 65.4 Å². The lowest BCUT2D eigenvalue weighted by molar-refractivity contribution is -0.127. The summed E-state index contributed by atoms with van der Waals surface area (Å²) in [6.45, 7) is 6.90. The Bertz CT molecular complexity index is 565. The number of ether oxygens (including phenoxy) is 1. The number of likely N-dealkylation sites (tertiary alicyclic amines) is 1. The van der Waals surface area contributed by atoms with Gasteiger partial charge >= 0.3 is 0 Å². The van der Waals surface area contributed by atoms with Crippen molar-refractivity contribution in [1.82, 2.24) is 10.2 Å². The molecule has 1 aliphatic rings. The van der Waals surface area contributed by atoms with Gasteiger partial charge in [0.25, 0.3) is 5.91 Å². The van der Waals surface area contributed by atoms with Crippen molar-refractivity contribution in [3.63, 3.8) is 0 Å². The molecule has 0 aliphatic carbocycles. The first-order chi connectivity index (χ1) is 11.6. The molecule has 0 spiro atoms. The van der Waals surface area contributed by atoms with Crippen LogP contribution in [0.2, 0.25) is 0 Å². The number of piperidine rings is 1. The molecule has 5 nitrogen and oxygen atoms in total. The second-order valence-corrected chi connectivity index (χ2v) is 6.42. The molecule has 2 rings (SSSR count). The zero-order chi connectivity index (χ0) is 17.4. The first-order valence-electron chi connectivity index (χ1n) is 8.78. The van der Waals surface area contributed by atoms with Crippen molar-refractivity contribution in [2.45, 2.75) is 51.7 Å². The van der Waals surface area contributed by atoms with E-state index in [0.717, 1.165) is 13.0 Å². The van der Waals surface area contributed by atoms with Gasteiger partial charge in [-0.1, -0.05) is 6.42 Å². The highest BCUT2D eigenvalue weighted by Crippen LogP contribution is 2.16. The predicted molar refractivity (Wildman–Crippen MR) is 93.8 cm³/mol. The zero-order valence-corrected chi connectivity index (χ0v) is 14.6. The molecule has 2 unspecified atom stereocenters. The number of rotatable bonds is 7. The van der Waals surface area contributed by atoms with Crippen molar-refractivity contribution >= 4 is 5.91 Å². The molecule has 0 bridgehead atoms. The number of nitrogens with zero attached hydrogens (tertiary/aromatic N) is 2. The van der Waals surface area contributed by atoms with Crippen molar-refractivity contribution in [2.24, 2.45) is 0 Å². The van der Waals surface area contributed by atoms with E-state index in [1.807, 2.05) is 0 Å². The van der Waals surface area contributed by atoms with Crippen LogP contribution >= 0.6 is 0 Å². The summed E-state index contributed by atoms with van der Waals surface area (Å²) < 4.78 is 5.61. The Morgan fingerprint density at radius 1 is 1.42 bits per heavy atom. The average Bonchev–Trinajstić information content (AvgIpc) is 2.60. The van der Waals surface area contributed by atoms with Crippen molar-refractivity contribution in [3.8, 4) is 11.8 Å². The van der Waals surface area contributed by atoms with E-state index in [9.17, 15) is 4.79 Å². The number of nitriles is 1. The van der Waals surface area contributed by atoms with Crippen LogP contribution in [-0.2, 0) is 4.79 Å². The lowest BCUT2D eigenvalue weighted by Gasteiger charge is -2.33. The van der Waals surface area contributed by atoms with Crippen LogP contribution < -0.4 is 10.1 Å². The summed E-state index contributed by atoms with van der Waals surface area (Å²) in [5, 5.41) is 11.7. The number of carbonyl (C=O) groups is 1. The first kappa shape index (κ1) is 18.3. The Morgan fingerprint density at radius 3 is 2.83 bits per heavy atom. The summed E-state index contributed by atoms with van der Waals surface area (Å²) in [4.78, 5) is 14.6. The number of nitrogens with one attached hydrogen (secondary N) is 1. The Hall–Kier alpha value is -2.06. The van der Waals surface area contributed by atoms with E-state index in [1.54, 1.807) is 31.2 Å². The molecule has 0 saturated carbocycles. The second kappa shape index (κ2) is 9.29. The van der Waals surface area contributed by atoms with Crippen molar-refractivity contribution in [1.29, 1.82) is 5.26 Å². The van der Waals surface area contributed by atoms with Gasteiger partial charge in [0.1, 0.15) is 5.75 Å². The molecule has 1 aromatic carbocycles. The number of hydrogen-bond acceptors (Lipinski definition) is 4. The SMILES string of the molecule is CC(Oc1ccc(C#N)cc1)C(=O)NCCCN1CCCCC1C. The van der Waals surface area contributed by atoms with Crippen LogP contribution in [0.15, 0.2) is 24.3 Å². The van der Waals surface area contributed by atoms with Crippen LogP contribution in [0.5, 0.6) is 5.75 Å². The van der Waals surface area contributed by atoms with Crippen molar-refractivity contribution in [3.05, 3.63) is 29.8 Å². The number of hydrogen-bond donors (Lipinski definition) is 1. The van der Waals surface area contributed by atoms with E-state index in [2.05, 4.69) is 23.2 Å². The summed E-state index contributed by atoms with van der Waals surface area (Å²) in [6.07, 6.45) is 4.30. The molecule has 24 heavy (non-hydrogen) atoms. The largest absolute Gasteiger partial charge is 0.481 e. The molecule has 130 valence electrons. The third kappa shape index (κ3) is 5.54. The lowest BCUT2D eigenvalue weighted by atomic mass is 10.0. The summed E-state index contributed by atoms with van der Waals surface area (Å²) in [7, 11) is 0. The fourth-order valence-electron chi connectivity index (χ4n) is 2.99. The highest BCUT2D eigenvalue weighted by atomic mass is 16.5. The molecule has 1 heterocycles. The van der Waals surface area contributed by atoms with Crippen molar-refractivity contribution < 1.29 is 9.53 Å². The normalized spacial score (nSPS) is 19.3. The molecule has 1 aliphatic heterocycles. The monoisotopic (exact) mass is 329 g/mol. The van der Waals surface area contributed by atoms with E-state index in [0.29, 0.717) is 23.9 Å². The number of carbonyl (C=O) groups excluding carboxylic acids is 1. The van der Waals surface area contributed by atoms with E-state index in [4.69, 9.17) is 10.00 Å². The fraction of sp³-hybridized carbons (Fsp3) is 0.579. The Labute approximate surface area is 144 Å². The van der Waals surface area contributed by atoms with Gasteiger partial charge in [-0.2, -0.15) is 5.26 Å². The minimum Gasteiger partial charge on any atom is -0.481 e. The van der Waals surface area contributed by atoms with Gasteiger partial charge in [0.15, 0.2) is 6.10 Å². The molecule has 1 saturated heterocycles. The summed E-state index contributed by atoms with van der Waals surface area (Å²) >= 11 is 0. The fourth-order valence-corrected chi connectivity index (χ4v) is 2.99. The molecular weight excluding hydrogens is 302 g/mol. The average molecular weight is 329 g/mol. The molecule has 1 N–H and O–H groups in total. The second-order valence-electron chi connectivity index (χ2n) is 6.42. The third-order valence-corrected chi connectivity index (χ3v) is 4.53. The number of benzene rings is 1. The molecule has 1 aromatic rings. The van der Waals surface area contributed by atoms with Gasteiger partial charge in [0.05, 0.1) is 11.6 Å². The Kier molecular flexibility index (Phi) is 7.07. The van der Waals surface area contributed by atoms with Gasteiger partial charge in [0.2, 0.25) is 0 Å². The maximum atomic E-state index is 12.1. The van der Waals surface area contributed by atoms with E-state index in [1.165, 1.54) is 25.8 Å². The minimum atomic E-state index is -0.549.